The fourth-order valence-electron chi connectivity index (χ4n) is 1.93. The van der Waals surface area contributed by atoms with Crippen molar-refractivity contribution in [2.45, 2.75) is 46.3 Å². The quantitative estimate of drug-likeness (QED) is 0.665. The standard InChI is InChI=1S/C17H29NO2/c1-5-10-18-17(13-19-11-12-20-14(2)3)16-8-6-15(4)7-9-16/h6-9,14,17-18H,5,10-13H2,1-4H3. The number of rotatable bonds is 10. The number of hydrogen-bond donors (Lipinski definition) is 1. The van der Waals surface area contributed by atoms with Crippen LogP contribution in [0.25, 0.3) is 0 Å². The fourth-order valence-corrected chi connectivity index (χ4v) is 1.93. The van der Waals surface area contributed by atoms with Gasteiger partial charge in [-0.15, -0.1) is 0 Å². The lowest BCUT2D eigenvalue weighted by Gasteiger charge is -2.19. The van der Waals surface area contributed by atoms with Crippen molar-refractivity contribution in [2.75, 3.05) is 26.4 Å². The molecule has 0 aromatic heterocycles. The van der Waals surface area contributed by atoms with E-state index in [9.17, 15) is 0 Å². The molecule has 0 fully saturated rings. The average Bonchev–Trinajstić information content (AvgIpc) is 2.42. The summed E-state index contributed by atoms with van der Waals surface area (Å²) in [5.74, 6) is 0. The van der Waals surface area contributed by atoms with Crippen LogP contribution in [0, 0.1) is 6.92 Å². The highest BCUT2D eigenvalue weighted by atomic mass is 16.5. The van der Waals surface area contributed by atoms with Crippen molar-refractivity contribution in [1.82, 2.24) is 5.32 Å². The third-order valence-corrected chi connectivity index (χ3v) is 3.08. The minimum Gasteiger partial charge on any atom is -0.377 e. The Morgan fingerprint density at radius 3 is 2.40 bits per heavy atom. The number of aryl methyl sites for hydroxylation is 1. The highest BCUT2D eigenvalue weighted by Gasteiger charge is 2.10. The number of ether oxygens (including phenoxy) is 2. The molecular weight excluding hydrogens is 250 g/mol. The van der Waals surface area contributed by atoms with Gasteiger partial charge in [-0.1, -0.05) is 36.8 Å². The number of hydrogen-bond acceptors (Lipinski definition) is 3. The first-order valence-electron chi connectivity index (χ1n) is 7.62. The van der Waals surface area contributed by atoms with Gasteiger partial charge < -0.3 is 14.8 Å². The van der Waals surface area contributed by atoms with Gasteiger partial charge >= 0.3 is 0 Å². The molecule has 0 heterocycles. The first kappa shape index (κ1) is 17.2. The van der Waals surface area contributed by atoms with Gasteiger partial charge in [0, 0.05) is 0 Å². The van der Waals surface area contributed by atoms with Crippen molar-refractivity contribution in [3.8, 4) is 0 Å². The van der Waals surface area contributed by atoms with Crippen LogP contribution in [0.2, 0.25) is 0 Å². The Morgan fingerprint density at radius 1 is 1.10 bits per heavy atom. The molecule has 1 aromatic rings. The summed E-state index contributed by atoms with van der Waals surface area (Å²) in [6.07, 6.45) is 1.39. The third kappa shape index (κ3) is 7.04. The first-order chi connectivity index (χ1) is 9.63. The van der Waals surface area contributed by atoms with Crippen LogP contribution in [0.1, 0.15) is 44.4 Å². The van der Waals surface area contributed by atoms with Crippen LogP contribution in [0.3, 0.4) is 0 Å². The van der Waals surface area contributed by atoms with E-state index in [0.717, 1.165) is 13.0 Å². The van der Waals surface area contributed by atoms with Gasteiger partial charge in [0.2, 0.25) is 0 Å². The van der Waals surface area contributed by atoms with E-state index >= 15 is 0 Å². The van der Waals surface area contributed by atoms with Crippen LogP contribution >= 0.6 is 0 Å². The predicted octanol–water partition coefficient (Wildman–Crippen LogP) is 3.48. The fraction of sp³-hybridized carbons (Fsp3) is 0.647. The second-order valence-corrected chi connectivity index (χ2v) is 5.41. The zero-order chi connectivity index (χ0) is 14.8. The van der Waals surface area contributed by atoms with Crippen molar-refractivity contribution < 1.29 is 9.47 Å². The first-order valence-corrected chi connectivity index (χ1v) is 7.62. The Hall–Kier alpha value is -0.900. The summed E-state index contributed by atoms with van der Waals surface area (Å²) in [6, 6.07) is 8.91. The van der Waals surface area contributed by atoms with Gasteiger partial charge in [0.1, 0.15) is 0 Å². The van der Waals surface area contributed by atoms with Crippen LogP contribution < -0.4 is 5.32 Å². The summed E-state index contributed by atoms with van der Waals surface area (Å²) < 4.78 is 11.2. The topological polar surface area (TPSA) is 30.5 Å². The van der Waals surface area contributed by atoms with Crippen LogP contribution in [-0.2, 0) is 9.47 Å². The highest BCUT2D eigenvalue weighted by Crippen LogP contribution is 2.14. The Balaban J connectivity index is 2.41. The lowest BCUT2D eigenvalue weighted by Crippen LogP contribution is -2.27. The van der Waals surface area contributed by atoms with Crippen molar-refractivity contribution in [1.29, 1.82) is 0 Å². The second kappa shape index (κ2) is 9.92. The zero-order valence-electron chi connectivity index (χ0n) is 13.3. The van der Waals surface area contributed by atoms with Crippen LogP contribution in [-0.4, -0.2) is 32.5 Å². The average molecular weight is 279 g/mol. The molecule has 1 N–H and O–H groups in total. The van der Waals surface area contributed by atoms with Crippen LogP contribution in [0.15, 0.2) is 24.3 Å². The van der Waals surface area contributed by atoms with E-state index in [1.54, 1.807) is 0 Å². The van der Waals surface area contributed by atoms with Crippen LogP contribution in [0.4, 0.5) is 0 Å². The van der Waals surface area contributed by atoms with Gasteiger partial charge in [0.05, 0.1) is 32.0 Å². The molecule has 1 rings (SSSR count). The molecular formula is C17H29NO2. The summed E-state index contributed by atoms with van der Waals surface area (Å²) in [5, 5.41) is 3.54. The highest BCUT2D eigenvalue weighted by molar-refractivity contribution is 5.24. The summed E-state index contributed by atoms with van der Waals surface area (Å²) in [7, 11) is 0. The Morgan fingerprint density at radius 2 is 1.80 bits per heavy atom. The van der Waals surface area contributed by atoms with Gasteiger partial charge in [-0.2, -0.15) is 0 Å². The maximum Gasteiger partial charge on any atom is 0.0703 e. The molecule has 20 heavy (non-hydrogen) atoms. The summed E-state index contributed by atoms with van der Waals surface area (Å²) in [4.78, 5) is 0. The Labute approximate surface area is 123 Å². The second-order valence-electron chi connectivity index (χ2n) is 5.41. The van der Waals surface area contributed by atoms with Crippen molar-refractivity contribution in [3.05, 3.63) is 35.4 Å². The van der Waals surface area contributed by atoms with Gasteiger partial charge in [-0.25, -0.2) is 0 Å². The Kier molecular flexibility index (Phi) is 8.51. The van der Waals surface area contributed by atoms with Crippen molar-refractivity contribution in [3.63, 3.8) is 0 Å². The molecule has 3 heteroatoms. The molecule has 0 aliphatic heterocycles. The minimum atomic E-state index is 0.259. The smallest absolute Gasteiger partial charge is 0.0703 e. The molecule has 0 spiro atoms. The SMILES string of the molecule is CCCNC(COCCOC(C)C)c1ccc(C)cc1. The van der Waals surface area contributed by atoms with E-state index in [1.807, 2.05) is 13.8 Å². The summed E-state index contributed by atoms with van der Waals surface area (Å²) in [5.41, 5.74) is 2.57. The van der Waals surface area contributed by atoms with E-state index in [0.29, 0.717) is 19.8 Å². The zero-order valence-corrected chi connectivity index (χ0v) is 13.3. The van der Waals surface area contributed by atoms with E-state index in [2.05, 4.69) is 43.4 Å². The van der Waals surface area contributed by atoms with Gasteiger partial charge in [0.15, 0.2) is 0 Å². The lowest BCUT2D eigenvalue weighted by atomic mass is 10.1. The number of nitrogens with one attached hydrogen (secondary N) is 1. The predicted molar refractivity (Wildman–Crippen MR) is 84.1 cm³/mol. The van der Waals surface area contributed by atoms with Crippen LogP contribution in [0.5, 0.6) is 0 Å². The molecule has 114 valence electrons. The summed E-state index contributed by atoms with van der Waals surface area (Å²) in [6.45, 7) is 11.4. The maximum absolute atomic E-state index is 5.74. The molecule has 0 radical (unpaired) electrons. The van der Waals surface area contributed by atoms with Gasteiger partial charge in [-0.3, -0.25) is 0 Å². The monoisotopic (exact) mass is 279 g/mol. The molecule has 1 aromatic carbocycles. The largest absolute Gasteiger partial charge is 0.377 e. The molecule has 0 bridgehead atoms. The normalized spacial score (nSPS) is 12.8. The van der Waals surface area contributed by atoms with E-state index < -0.39 is 0 Å². The van der Waals surface area contributed by atoms with E-state index in [1.165, 1.54) is 11.1 Å². The van der Waals surface area contributed by atoms with E-state index in [-0.39, 0.29) is 12.1 Å². The number of benzene rings is 1. The summed E-state index contributed by atoms with van der Waals surface area (Å²) >= 11 is 0. The van der Waals surface area contributed by atoms with Crippen molar-refractivity contribution >= 4 is 0 Å². The van der Waals surface area contributed by atoms with Gasteiger partial charge in [0.25, 0.3) is 0 Å². The Bertz CT molecular complexity index is 349. The van der Waals surface area contributed by atoms with Crippen molar-refractivity contribution in [2.24, 2.45) is 0 Å². The maximum atomic E-state index is 5.74. The third-order valence-electron chi connectivity index (χ3n) is 3.08. The molecule has 1 unspecified atom stereocenters. The van der Waals surface area contributed by atoms with Gasteiger partial charge in [-0.05, 0) is 39.3 Å². The van der Waals surface area contributed by atoms with E-state index in [4.69, 9.17) is 9.47 Å². The molecule has 3 nitrogen and oxygen atoms in total. The molecule has 0 saturated carbocycles. The molecule has 1 atom stereocenters. The lowest BCUT2D eigenvalue weighted by molar-refractivity contribution is 0.0137. The molecule has 0 aliphatic rings. The minimum absolute atomic E-state index is 0.259. The molecule has 0 amide bonds. The molecule has 0 aliphatic carbocycles. The molecule has 0 saturated heterocycles.